The summed E-state index contributed by atoms with van der Waals surface area (Å²) in [5.74, 6) is 0.161. The van der Waals surface area contributed by atoms with E-state index in [0.29, 0.717) is 24.1 Å². The molecule has 1 aromatic rings. The Kier molecular flexibility index (Phi) is 4.94. The van der Waals surface area contributed by atoms with Gasteiger partial charge in [0.05, 0.1) is 5.56 Å². The van der Waals surface area contributed by atoms with Crippen LogP contribution in [0.3, 0.4) is 0 Å². The first-order valence-corrected chi connectivity index (χ1v) is 5.28. The smallest absolute Gasteiger partial charge is 0.261 e. The average molecular weight is 233 g/mol. The molecule has 1 unspecified atom stereocenters. The molecule has 4 heteroatoms. The maximum atomic E-state index is 11.5. The van der Waals surface area contributed by atoms with Gasteiger partial charge in [0.2, 0.25) is 0 Å². The molecule has 0 aromatic heterocycles. The summed E-state index contributed by atoms with van der Waals surface area (Å²) in [4.78, 5) is 22.3. The van der Waals surface area contributed by atoms with Gasteiger partial charge in [0.15, 0.2) is 12.4 Å². The molecule has 90 valence electrons. The van der Waals surface area contributed by atoms with Crippen molar-refractivity contribution in [2.24, 2.45) is 0 Å². The molecule has 17 heavy (non-hydrogen) atoms. The van der Waals surface area contributed by atoms with Gasteiger partial charge in [-0.25, -0.2) is 0 Å². The predicted molar refractivity (Wildman–Crippen MR) is 65.1 cm³/mol. The molecule has 0 saturated carbocycles. The molecule has 1 aromatic carbocycles. The number of benzene rings is 1. The van der Waals surface area contributed by atoms with Gasteiger partial charge in [0, 0.05) is 6.54 Å². The van der Waals surface area contributed by atoms with E-state index in [9.17, 15) is 9.59 Å². The Labute approximate surface area is 100 Å². The third-order valence-corrected chi connectivity index (χ3v) is 2.14. The highest BCUT2D eigenvalue weighted by molar-refractivity contribution is 5.82. The minimum absolute atomic E-state index is 0.245. The van der Waals surface area contributed by atoms with Crippen LogP contribution in [0.1, 0.15) is 17.3 Å². The zero-order chi connectivity index (χ0) is 12.7. The van der Waals surface area contributed by atoms with Gasteiger partial charge in [-0.05, 0) is 19.1 Å². The van der Waals surface area contributed by atoms with E-state index in [-0.39, 0.29) is 5.91 Å². The topological polar surface area (TPSA) is 55.4 Å². The minimum atomic E-state index is -0.656. The number of carbonyl (C=O) groups is 2. The zero-order valence-corrected chi connectivity index (χ0v) is 9.68. The number of hydrogen-bond acceptors (Lipinski definition) is 3. The van der Waals surface area contributed by atoms with E-state index in [1.54, 1.807) is 37.3 Å². The number of hydrogen-bond donors (Lipinski definition) is 1. The quantitative estimate of drug-likeness (QED) is 0.599. The van der Waals surface area contributed by atoms with E-state index >= 15 is 0 Å². The van der Waals surface area contributed by atoms with Crippen molar-refractivity contribution in [3.05, 3.63) is 42.5 Å². The fourth-order valence-electron chi connectivity index (χ4n) is 1.25. The highest BCUT2D eigenvalue weighted by atomic mass is 16.5. The van der Waals surface area contributed by atoms with Crippen LogP contribution >= 0.6 is 0 Å². The van der Waals surface area contributed by atoms with Crippen molar-refractivity contribution in [1.82, 2.24) is 5.32 Å². The number of carbonyl (C=O) groups excluding carboxylic acids is 2. The summed E-state index contributed by atoms with van der Waals surface area (Å²) in [5, 5.41) is 2.62. The standard InChI is InChI=1S/C13H15NO3/c1-3-8-14-13(16)10(2)17-12-7-5-4-6-11(12)9-15/h3-7,9-10H,1,8H2,2H3,(H,14,16). The maximum absolute atomic E-state index is 11.5. The van der Waals surface area contributed by atoms with E-state index in [2.05, 4.69) is 11.9 Å². The van der Waals surface area contributed by atoms with Crippen molar-refractivity contribution >= 4 is 12.2 Å². The van der Waals surface area contributed by atoms with Crippen molar-refractivity contribution in [2.45, 2.75) is 13.0 Å². The summed E-state index contributed by atoms with van der Waals surface area (Å²) in [6, 6.07) is 6.77. The van der Waals surface area contributed by atoms with Gasteiger partial charge in [-0.3, -0.25) is 9.59 Å². The van der Waals surface area contributed by atoms with E-state index < -0.39 is 6.10 Å². The normalized spacial score (nSPS) is 11.4. The second-order valence-electron chi connectivity index (χ2n) is 3.45. The molecule has 0 spiro atoms. The summed E-state index contributed by atoms with van der Waals surface area (Å²) in [7, 11) is 0. The minimum Gasteiger partial charge on any atom is -0.480 e. The van der Waals surface area contributed by atoms with Crippen molar-refractivity contribution in [2.75, 3.05) is 6.54 Å². The van der Waals surface area contributed by atoms with E-state index in [1.807, 2.05) is 0 Å². The first-order valence-electron chi connectivity index (χ1n) is 5.28. The molecule has 1 atom stereocenters. The van der Waals surface area contributed by atoms with Crippen LogP contribution in [-0.4, -0.2) is 24.8 Å². The first-order chi connectivity index (χ1) is 8.19. The van der Waals surface area contributed by atoms with Crippen LogP contribution in [0.4, 0.5) is 0 Å². The van der Waals surface area contributed by atoms with Crippen molar-refractivity contribution in [3.8, 4) is 5.75 Å². The van der Waals surface area contributed by atoms with Crippen molar-refractivity contribution < 1.29 is 14.3 Å². The molecule has 1 amide bonds. The van der Waals surface area contributed by atoms with Crippen LogP contribution in [0.25, 0.3) is 0 Å². The molecule has 0 radical (unpaired) electrons. The molecule has 0 bridgehead atoms. The average Bonchev–Trinajstić information content (AvgIpc) is 2.36. The largest absolute Gasteiger partial charge is 0.480 e. The summed E-state index contributed by atoms with van der Waals surface area (Å²) in [6.45, 7) is 5.52. The number of rotatable bonds is 6. The zero-order valence-electron chi connectivity index (χ0n) is 9.68. The molecule has 0 saturated heterocycles. The van der Waals surface area contributed by atoms with Crippen LogP contribution in [-0.2, 0) is 4.79 Å². The fraction of sp³-hybridized carbons (Fsp3) is 0.231. The summed E-state index contributed by atoms with van der Waals surface area (Å²) < 4.78 is 5.42. The van der Waals surface area contributed by atoms with Gasteiger partial charge in [-0.15, -0.1) is 6.58 Å². The van der Waals surface area contributed by atoms with Crippen molar-refractivity contribution in [3.63, 3.8) is 0 Å². The fourth-order valence-corrected chi connectivity index (χ4v) is 1.25. The molecular formula is C13H15NO3. The lowest BCUT2D eigenvalue weighted by molar-refractivity contribution is -0.127. The van der Waals surface area contributed by atoms with E-state index in [1.165, 1.54) is 0 Å². The van der Waals surface area contributed by atoms with Crippen LogP contribution in [0, 0.1) is 0 Å². The number of ether oxygens (including phenoxy) is 1. The Morgan fingerprint density at radius 2 is 2.24 bits per heavy atom. The Morgan fingerprint density at radius 3 is 2.88 bits per heavy atom. The number of nitrogens with one attached hydrogen (secondary N) is 1. The van der Waals surface area contributed by atoms with Crippen LogP contribution < -0.4 is 10.1 Å². The molecule has 1 rings (SSSR count). The Hall–Kier alpha value is -2.10. The third kappa shape index (κ3) is 3.75. The van der Waals surface area contributed by atoms with Crippen LogP contribution in [0.15, 0.2) is 36.9 Å². The highest BCUT2D eigenvalue weighted by Gasteiger charge is 2.14. The lowest BCUT2D eigenvalue weighted by Gasteiger charge is -2.15. The van der Waals surface area contributed by atoms with Gasteiger partial charge in [-0.1, -0.05) is 18.2 Å². The third-order valence-electron chi connectivity index (χ3n) is 2.14. The SMILES string of the molecule is C=CCNC(=O)C(C)Oc1ccccc1C=O. The Morgan fingerprint density at radius 1 is 1.53 bits per heavy atom. The van der Waals surface area contributed by atoms with Crippen LogP contribution in [0.2, 0.25) is 0 Å². The molecule has 0 fully saturated rings. The van der Waals surface area contributed by atoms with Gasteiger partial charge in [-0.2, -0.15) is 0 Å². The molecular weight excluding hydrogens is 218 g/mol. The predicted octanol–water partition coefficient (Wildman–Crippen LogP) is 1.57. The first kappa shape index (κ1) is 13.0. The van der Waals surface area contributed by atoms with E-state index in [4.69, 9.17) is 4.74 Å². The van der Waals surface area contributed by atoms with Gasteiger partial charge in [0.25, 0.3) is 5.91 Å². The number of para-hydroxylation sites is 1. The lowest BCUT2D eigenvalue weighted by atomic mass is 10.2. The second-order valence-corrected chi connectivity index (χ2v) is 3.45. The number of aldehydes is 1. The second kappa shape index (κ2) is 6.48. The summed E-state index contributed by atoms with van der Waals surface area (Å²) in [6.07, 6.45) is 1.63. The molecule has 0 heterocycles. The maximum Gasteiger partial charge on any atom is 0.261 e. The van der Waals surface area contributed by atoms with Gasteiger partial charge < -0.3 is 10.1 Å². The molecule has 0 aliphatic carbocycles. The molecule has 4 nitrogen and oxygen atoms in total. The Bertz CT molecular complexity index is 415. The lowest BCUT2D eigenvalue weighted by Crippen LogP contribution is -2.36. The molecule has 0 aliphatic heterocycles. The summed E-state index contributed by atoms with van der Waals surface area (Å²) in [5.41, 5.74) is 0.427. The molecule has 1 N–H and O–H groups in total. The van der Waals surface area contributed by atoms with Crippen molar-refractivity contribution in [1.29, 1.82) is 0 Å². The monoisotopic (exact) mass is 233 g/mol. The van der Waals surface area contributed by atoms with Crippen LogP contribution in [0.5, 0.6) is 5.75 Å². The number of amides is 1. The van der Waals surface area contributed by atoms with E-state index in [0.717, 1.165) is 0 Å². The van der Waals surface area contributed by atoms with Gasteiger partial charge >= 0.3 is 0 Å². The highest BCUT2D eigenvalue weighted by Crippen LogP contribution is 2.17. The van der Waals surface area contributed by atoms with Gasteiger partial charge in [0.1, 0.15) is 5.75 Å². The summed E-state index contributed by atoms with van der Waals surface area (Å²) >= 11 is 0. The molecule has 0 aliphatic rings. The Balaban J connectivity index is 2.66.